The largest absolute Gasteiger partial charge is 0.353 e. The average molecular weight is 173 g/mol. The van der Waals surface area contributed by atoms with Crippen LogP contribution < -0.4 is 5.32 Å². The lowest BCUT2D eigenvalue weighted by Crippen LogP contribution is -2.10. The maximum Gasteiger partial charge on any atom is 0.242 e. The van der Waals surface area contributed by atoms with Gasteiger partial charge in [0.25, 0.3) is 0 Å². The summed E-state index contributed by atoms with van der Waals surface area (Å²) < 4.78 is 13.8. The van der Waals surface area contributed by atoms with E-state index in [0.29, 0.717) is 18.9 Å². The van der Waals surface area contributed by atoms with Crippen molar-refractivity contribution in [3.8, 4) is 0 Å². The molecule has 0 radical (unpaired) electrons. The Morgan fingerprint density at radius 1 is 1.67 bits per heavy atom. The number of anilines is 1. The Bertz CT molecular complexity index is 234. The van der Waals surface area contributed by atoms with E-state index in [1.807, 2.05) is 0 Å². The summed E-state index contributed by atoms with van der Waals surface area (Å²) >= 11 is 0. The molecule has 0 bridgehead atoms. The Morgan fingerprint density at radius 3 is 2.92 bits per heavy atom. The van der Waals surface area contributed by atoms with Crippen LogP contribution in [0, 0.1) is 0 Å². The summed E-state index contributed by atoms with van der Waals surface area (Å²) in [6, 6.07) is 0. The van der Waals surface area contributed by atoms with E-state index in [2.05, 4.69) is 20.8 Å². The molecule has 0 saturated heterocycles. The molecule has 0 amide bonds. The van der Waals surface area contributed by atoms with Crippen molar-refractivity contribution in [1.29, 1.82) is 0 Å². The van der Waals surface area contributed by atoms with Crippen molar-refractivity contribution in [3.63, 3.8) is 0 Å². The lowest BCUT2D eigenvalue weighted by molar-refractivity contribution is 0.348. The number of aromatic nitrogens is 4. The van der Waals surface area contributed by atoms with E-state index in [-0.39, 0.29) is 0 Å². The van der Waals surface area contributed by atoms with Crippen molar-refractivity contribution in [2.45, 2.75) is 19.5 Å². The highest BCUT2D eigenvalue weighted by Crippen LogP contribution is 1.99. The van der Waals surface area contributed by atoms with Crippen molar-refractivity contribution < 1.29 is 4.39 Å². The minimum absolute atomic E-state index is 0.465. The van der Waals surface area contributed by atoms with Gasteiger partial charge in [-0.3, -0.25) is 0 Å². The van der Waals surface area contributed by atoms with Crippen molar-refractivity contribution >= 4 is 5.95 Å². The second-order valence-electron chi connectivity index (χ2n) is 2.62. The van der Waals surface area contributed by atoms with Crippen LogP contribution in [0.15, 0.2) is 0 Å². The van der Waals surface area contributed by atoms with Crippen LogP contribution in [-0.4, -0.2) is 32.9 Å². The molecular weight excluding hydrogens is 161 g/mol. The van der Waals surface area contributed by atoms with E-state index < -0.39 is 6.17 Å². The van der Waals surface area contributed by atoms with Crippen molar-refractivity contribution in [1.82, 2.24) is 20.2 Å². The average Bonchev–Trinajstić information content (AvgIpc) is 2.36. The molecule has 1 unspecified atom stereocenters. The Balaban J connectivity index is 2.29. The zero-order valence-electron chi connectivity index (χ0n) is 7.16. The van der Waals surface area contributed by atoms with Gasteiger partial charge in [-0.15, -0.1) is 0 Å². The minimum atomic E-state index is -0.793. The maximum absolute atomic E-state index is 12.3. The highest BCUT2D eigenvalue weighted by Gasteiger charge is 2.01. The molecule has 1 rings (SSSR count). The fourth-order valence-electron chi connectivity index (χ4n) is 0.762. The van der Waals surface area contributed by atoms with E-state index >= 15 is 0 Å². The molecule has 5 nitrogen and oxygen atoms in total. The number of hydrogen-bond donors (Lipinski definition) is 1. The van der Waals surface area contributed by atoms with Crippen LogP contribution >= 0.6 is 0 Å². The molecular formula is C6H12FN5. The summed E-state index contributed by atoms with van der Waals surface area (Å²) in [7, 11) is 1.72. The van der Waals surface area contributed by atoms with E-state index in [1.54, 1.807) is 7.05 Å². The van der Waals surface area contributed by atoms with Gasteiger partial charge in [0.2, 0.25) is 5.95 Å². The molecule has 1 N–H and O–H groups in total. The number of halogens is 1. The number of hydrogen-bond acceptors (Lipinski definition) is 4. The van der Waals surface area contributed by atoms with Gasteiger partial charge in [0.15, 0.2) is 0 Å². The number of nitrogens with zero attached hydrogens (tertiary/aromatic N) is 4. The summed E-state index contributed by atoms with van der Waals surface area (Å²) in [5, 5.41) is 13.6. The molecule has 0 aliphatic heterocycles. The van der Waals surface area contributed by atoms with Gasteiger partial charge in [-0.25, -0.2) is 9.07 Å². The van der Waals surface area contributed by atoms with Gasteiger partial charge in [0.05, 0.1) is 6.17 Å². The molecule has 0 fully saturated rings. The standard InChI is InChI=1S/C6H12FN5/c1-5(7)3-4-8-6-9-10-11-12(6)2/h5H,3-4H2,1-2H3,(H,8,9,11). The number of rotatable bonds is 4. The topological polar surface area (TPSA) is 55.6 Å². The molecule has 6 heteroatoms. The molecule has 1 aromatic heterocycles. The van der Waals surface area contributed by atoms with Gasteiger partial charge in [0, 0.05) is 13.6 Å². The molecule has 0 spiro atoms. The number of alkyl halides is 1. The van der Waals surface area contributed by atoms with E-state index in [9.17, 15) is 4.39 Å². The van der Waals surface area contributed by atoms with Crippen LogP contribution in [0.2, 0.25) is 0 Å². The maximum atomic E-state index is 12.3. The molecule has 1 heterocycles. The lowest BCUT2D eigenvalue weighted by atomic mass is 10.3. The Kier molecular flexibility index (Phi) is 2.95. The molecule has 1 atom stereocenters. The number of aryl methyl sites for hydroxylation is 1. The SMILES string of the molecule is CC(F)CCNc1nnnn1C. The fraction of sp³-hybridized carbons (Fsp3) is 0.833. The second-order valence-corrected chi connectivity index (χ2v) is 2.62. The third-order valence-electron chi connectivity index (χ3n) is 1.45. The quantitative estimate of drug-likeness (QED) is 0.714. The van der Waals surface area contributed by atoms with Crippen LogP contribution in [0.25, 0.3) is 0 Å². The smallest absolute Gasteiger partial charge is 0.242 e. The number of nitrogens with one attached hydrogen (secondary N) is 1. The zero-order valence-corrected chi connectivity index (χ0v) is 7.16. The number of tetrazole rings is 1. The predicted molar refractivity (Wildman–Crippen MR) is 42.5 cm³/mol. The first-order chi connectivity index (χ1) is 5.70. The van der Waals surface area contributed by atoms with Crippen molar-refractivity contribution in [2.75, 3.05) is 11.9 Å². The van der Waals surface area contributed by atoms with Gasteiger partial charge < -0.3 is 5.32 Å². The monoisotopic (exact) mass is 173 g/mol. The first-order valence-corrected chi connectivity index (χ1v) is 3.80. The second kappa shape index (κ2) is 3.99. The first kappa shape index (κ1) is 8.89. The summed E-state index contributed by atoms with van der Waals surface area (Å²) in [4.78, 5) is 0. The first-order valence-electron chi connectivity index (χ1n) is 3.80. The van der Waals surface area contributed by atoms with Crippen LogP contribution in [0.1, 0.15) is 13.3 Å². The van der Waals surface area contributed by atoms with E-state index in [4.69, 9.17) is 0 Å². The van der Waals surface area contributed by atoms with Crippen LogP contribution in [-0.2, 0) is 7.05 Å². The van der Waals surface area contributed by atoms with Gasteiger partial charge in [-0.05, 0) is 23.8 Å². The molecule has 0 aliphatic rings. The Hall–Kier alpha value is -1.20. The Morgan fingerprint density at radius 2 is 2.42 bits per heavy atom. The van der Waals surface area contributed by atoms with Crippen LogP contribution in [0.4, 0.5) is 10.3 Å². The fourth-order valence-corrected chi connectivity index (χ4v) is 0.762. The zero-order chi connectivity index (χ0) is 8.97. The summed E-state index contributed by atoms with van der Waals surface area (Å²) in [5.41, 5.74) is 0. The molecule has 0 aromatic carbocycles. The van der Waals surface area contributed by atoms with Gasteiger partial charge in [-0.2, -0.15) is 0 Å². The van der Waals surface area contributed by atoms with Gasteiger partial charge in [0.1, 0.15) is 0 Å². The molecule has 12 heavy (non-hydrogen) atoms. The summed E-state index contributed by atoms with van der Waals surface area (Å²) in [6.07, 6.45) is -0.328. The highest BCUT2D eigenvalue weighted by molar-refractivity contribution is 5.20. The lowest BCUT2D eigenvalue weighted by Gasteiger charge is -2.03. The van der Waals surface area contributed by atoms with E-state index in [1.165, 1.54) is 11.6 Å². The van der Waals surface area contributed by atoms with Crippen LogP contribution in [0.3, 0.4) is 0 Å². The van der Waals surface area contributed by atoms with Crippen LogP contribution in [0.5, 0.6) is 0 Å². The summed E-state index contributed by atoms with van der Waals surface area (Å²) in [6.45, 7) is 2.07. The molecule has 1 aromatic rings. The minimum Gasteiger partial charge on any atom is -0.353 e. The third-order valence-corrected chi connectivity index (χ3v) is 1.45. The molecule has 0 saturated carbocycles. The van der Waals surface area contributed by atoms with Crippen molar-refractivity contribution in [3.05, 3.63) is 0 Å². The normalized spacial score (nSPS) is 12.9. The van der Waals surface area contributed by atoms with Crippen molar-refractivity contribution in [2.24, 2.45) is 7.05 Å². The third kappa shape index (κ3) is 2.44. The Labute approximate surface area is 70.0 Å². The van der Waals surface area contributed by atoms with Gasteiger partial charge >= 0.3 is 0 Å². The molecule has 68 valence electrons. The predicted octanol–water partition coefficient (Wildman–Crippen LogP) is 0.370. The van der Waals surface area contributed by atoms with Gasteiger partial charge in [-0.1, -0.05) is 5.10 Å². The highest BCUT2D eigenvalue weighted by atomic mass is 19.1. The summed E-state index contributed by atoms with van der Waals surface area (Å²) in [5.74, 6) is 0.565. The van der Waals surface area contributed by atoms with E-state index in [0.717, 1.165) is 0 Å². The molecule has 0 aliphatic carbocycles.